The molecule has 4 rings (SSSR count). The lowest BCUT2D eigenvalue weighted by molar-refractivity contribution is 0.185. The molecule has 1 N–H and O–H groups in total. The molecule has 1 aromatic heterocycles. The van der Waals surface area contributed by atoms with Crippen LogP contribution >= 0.6 is 0 Å². The minimum absolute atomic E-state index is 0.158. The lowest BCUT2D eigenvalue weighted by Gasteiger charge is -2.19. The Kier molecular flexibility index (Phi) is 8.91. The van der Waals surface area contributed by atoms with Crippen molar-refractivity contribution in [3.8, 4) is 34.2 Å². The molecule has 0 atom stereocenters. The zero-order valence-electron chi connectivity index (χ0n) is 22.9. The van der Waals surface area contributed by atoms with Crippen molar-refractivity contribution in [3.63, 3.8) is 0 Å². The molecule has 210 valence electrons. The van der Waals surface area contributed by atoms with Gasteiger partial charge in [-0.2, -0.15) is 4.98 Å². The maximum absolute atomic E-state index is 14.0. The van der Waals surface area contributed by atoms with Crippen molar-refractivity contribution in [1.29, 1.82) is 0 Å². The fraction of sp³-hybridized carbons (Fsp3) is 0.267. The van der Waals surface area contributed by atoms with E-state index in [-0.39, 0.29) is 27.9 Å². The van der Waals surface area contributed by atoms with Crippen molar-refractivity contribution in [1.82, 2.24) is 9.55 Å². The van der Waals surface area contributed by atoms with Crippen LogP contribution in [0.5, 0.6) is 17.4 Å². The highest BCUT2D eigenvalue weighted by Gasteiger charge is 2.31. The van der Waals surface area contributed by atoms with Crippen LogP contribution in [0.2, 0.25) is 0 Å². The number of ether oxygens (including phenoxy) is 3. The van der Waals surface area contributed by atoms with Gasteiger partial charge in [-0.3, -0.25) is 9.36 Å². The molecule has 0 unspecified atom stereocenters. The molecule has 0 saturated carbocycles. The molecule has 1 heterocycles. The summed E-state index contributed by atoms with van der Waals surface area (Å²) in [4.78, 5) is 17.2. The van der Waals surface area contributed by atoms with E-state index < -0.39 is 26.2 Å². The fourth-order valence-corrected chi connectivity index (χ4v) is 5.91. The summed E-state index contributed by atoms with van der Waals surface area (Å²) in [7, 11) is 0.00109. The lowest BCUT2D eigenvalue weighted by atomic mass is 10.0. The Morgan fingerprint density at radius 3 is 2.15 bits per heavy atom. The number of rotatable bonds is 11. The number of para-hydroxylation sites is 1. The second kappa shape index (κ2) is 12.4. The Hall–Kier alpha value is -4.15. The number of unbranched alkanes of at least 4 members (excludes halogenated alkanes) is 1. The molecule has 0 aliphatic rings. The molecule has 0 saturated heterocycles. The molecule has 10 heteroatoms. The normalized spacial score (nSPS) is 11.4. The summed E-state index contributed by atoms with van der Waals surface area (Å²) < 4.78 is 45.1. The third-order valence-corrected chi connectivity index (χ3v) is 8.32. The number of methoxy groups -OCH3 is 3. The highest BCUT2D eigenvalue weighted by Crippen LogP contribution is 2.35. The highest BCUT2D eigenvalue weighted by atomic mass is 32.2. The summed E-state index contributed by atoms with van der Waals surface area (Å²) in [6.45, 7) is 2.37. The molecule has 9 nitrogen and oxygen atoms in total. The molecule has 0 amide bonds. The third kappa shape index (κ3) is 5.45. The predicted molar refractivity (Wildman–Crippen MR) is 151 cm³/mol. The zero-order chi connectivity index (χ0) is 28.9. The first-order chi connectivity index (χ1) is 19.3. The van der Waals surface area contributed by atoms with Gasteiger partial charge >= 0.3 is 0 Å². The number of aromatic hydroxyl groups is 1. The SMILES string of the molecule is CCCCc1nc(O)c(S(=O)(=O)c2ccc(-c3ccccc3COC)cc2)c(=O)n1-c1c(OC)cccc1OC. The average Bonchev–Trinajstić information content (AvgIpc) is 2.96. The Labute approximate surface area is 233 Å². The Balaban J connectivity index is 1.90. The van der Waals surface area contributed by atoms with Gasteiger partial charge in [0.25, 0.3) is 5.56 Å². The van der Waals surface area contributed by atoms with E-state index in [1.54, 1.807) is 37.4 Å². The molecule has 0 aliphatic heterocycles. The summed E-state index contributed by atoms with van der Waals surface area (Å²) in [6.07, 6.45) is 1.76. The molecule has 0 bridgehead atoms. The predicted octanol–water partition coefficient (Wildman–Crippen LogP) is 4.94. The van der Waals surface area contributed by atoms with Crippen LogP contribution < -0.4 is 15.0 Å². The Morgan fingerprint density at radius 2 is 1.55 bits per heavy atom. The number of nitrogens with zero attached hydrogens (tertiary/aromatic N) is 2. The van der Waals surface area contributed by atoms with Gasteiger partial charge in [-0.25, -0.2) is 8.42 Å². The summed E-state index contributed by atoms with van der Waals surface area (Å²) >= 11 is 0. The van der Waals surface area contributed by atoms with E-state index in [1.807, 2.05) is 31.2 Å². The fourth-order valence-electron chi connectivity index (χ4n) is 4.57. The smallest absolute Gasteiger partial charge is 0.281 e. The third-order valence-electron chi connectivity index (χ3n) is 6.53. The first-order valence-corrected chi connectivity index (χ1v) is 14.2. The van der Waals surface area contributed by atoms with Gasteiger partial charge in [-0.15, -0.1) is 0 Å². The second-order valence-corrected chi connectivity index (χ2v) is 10.9. The van der Waals surface area contributed by atoms with Crippen LogP contribution in [0, 0.1) is 0 Å². The van der Waals surface area contributed by atoms with Crippen molar-refractivity contribution in [2.24, 2.45) is 0 Å². The van der Waals surface area contributed by atoms with E-state index in [1.165, 1.54) is 26.4 Å². The number of hydrogen-bond acceptors (Lipinski definition) is 8. The van der Waals surface area contributed by atoms with Crippen molar-refractivity contribution >= 4 is 9.84 Å². The lowest BCUT2D eigenvalue weighted by Crippen LogP contribution is -2.29. The van der Waals surface area contributed by atoms with Gasteiger partial charge in [0.05, 0.1) is 25.7 Å². The topological polar surface area (TPSA) is 117 Å². The van der Waals surface area contributed by atoms with E-state index >= 15 is 0 Å². The van der Waals surface area contributed by atoms with E-state index in [2.05, 4.69) is 4.98 Å². The van der Waals surface area contributed by atoms with Crippen molar-refractivity contribution < 1.29 is 27.7 Å². The maximum atomic E-state index is 14.0. The molecule has 4 aromatic rings. The summed E-state index contributed by atoms with van der Waals surface area (Å²) in [5, 5.41) is 10.8. The number of sulfone groups is 1. The quantitative estimate of drug-likeness (QED) is 0.272. The van der Waals surface area contributed by atoms with Crippen LogP contribution in [-0.4, -0.2) is 44.4 Å². The molecule has 0 radical (unpaired) electrons. The average molecular weight is 565 g/mol. The van der Waals surface area contributed by atoms with Gasteiger partial charge in [0.15, 0.2) is 4.90 Å². The maximum Gasteiger partial charge on any atom is 0.281 e. The van der Waals surface area contributed by atoms with Gasteiger partial charge in [0.1, 0.15) is 23.0 Å². The van der Waals surface area contributed by atoms with Crippen LogP contribution in [0.25, 0.3) is 16.8 Å². The van der Waals surface area contributed by atoms with Crippen molar-refractivity contribution in [2.45, 2.75) is 42.6 Å². The minimum atomic E-state index is -4.48. The standard InChI is InChI=1S/C30H32N2O7S/c1-5-6-14-26-31-29(33)28(30(34)32(26)27-24(38-3)12-9-13-25(27)39-4)40(35,36)22-17-15-20(16-18-22)23-11-8-7-10-21(23)19-37-2/h7-13,15-18,33H,5-6,14,19H2,1-4H3. The molecule has 3 aromatic carbocycles. The first kappa shape index (κ1) is 28.8. The van der Waals surface area contributed by atoms with Crippen molar-refractivity contribution in [2.75, 3.05) is 21.3 Å². The summed E-state index contributed by atoms with van der Waals surface area (Å²) in [5.74, 6) is -0.0878. The minimum Gasteiger partial charge on any atom is -0.494 e. The molecule has 0 spiro atoms. The second-order valence-electron chi connectivity index (χ2n) is 9.05. The molecule has 40 heavy (non-hydrogen) atoms. The Morgan fingerprint density at radius 1 is 0.900 bits per heavy atom. The van der Waals surface area contributed by atoms with Crippen LogP contribution in [0.1, 0.15) is 31.2 Å². The number of benzene rings is 3. The number of aromatic nitrogens is 2. The summed E-state index contributed by atoms with van der Waals surface area (Å²) in [6, 6.07) is 18.7. The molecule has 0 fully saturated rings. The molecular formula is C30H32N2O7S. The van der Waals surface area contributed by atoms with Gasteiger partial charge in [0, 0.05) is 13.5 Å². The van der Waals surface area contributed by atoms with Crippen molar-refractivity contribution in [3.05, 3.63) is 88.5 Å². The largest absolute Gasteiger partial charge is 0.494 e. The molecule has 0 aliphatic carbocycles. The van der Waals surface area contributed by atoms with E-state index in [0.717, 1.165) is 27.7 Å². The number of hydrogen-bond donors (Lipinski definition) is 1. The Bertz CT molecular complexity index is 1640. The van der Waals surface area contributed by atoms with E-state index in [9.17, 15) is 18.3 Å². The van der Waals surface area contributed by atoms with Gasteiger partial charge in [0.2, 0.25) is 15.7 Å². The van der Waals surface area contributed by atoms with Crippen LogP contribution in [0.15, 0.2) is 81.3 Å². The number of aryl methyl sites for hydroxylation is 1. The highest BCUT2D eigenvalue weighted by molar-refractivity contribution is 7.91. The van der Waals surface area contributed by atoms with Crippen LogP contribution in [-0.2, 0) is 27.6 Å². The van der Waals surface area contributed by atoms with E-state index in [4.69, 9.17) is 14.2 Å². The van der Waals surface area contributed by atoms with Gasteiger partial charge < -0.3 is 19.3 Å². The first-order valence-electron chi connectivity index (χ1n) is 12.8. The van der Waals surface area contributed by atoms with Crippen LogP contribution in [0.3, 0.4) is 0 Å². The van der Waals surface area contributed by atoms with Gasteiger partial charge in [-0.1, -0.05) is 55.8 Å². The molecular weight excluding hydrogens is 532 g/mol. The zero-order valence-corrected chi connectivity index (χ0v) is 23.7. The van der Waals surface area contributed by atoms with Crippen LogP contribution in [0.4, 0.5) is 0 Å². The monoisotopic (exact) mass is 564 g/mol. The van der Waals surface area contributed by atoms with E-state index in [0.29, 0.717) is 19.4 Å². The van der Waals surface area contributed by atoms with Gasteiger partial charge in [-0.05, 0) is 47.4 Å². The summed E-state index contributed by atoms with van der Waals surface area (Å²) in [5.41, 5.74) is 1.87.